The average Bonchev–Trinajstić information content (AvgIpc) is 3.37. The predicted octanol–water partition coefficient (Wildman–Crippen LogP) is 19.4. The SMILES string of the molecule is CC/C=C\C/C=C\C/C=C\C/C=C\C/C=C\CCCCCC(=O)OCC(COC(=O)CCCCCCCCC/C=C\C/C=C\CCCCC)OC(=O)CCCCCC/C=C\C/C=C\C/C=C\C/C=C\CC. The molecule has 0 spiro atoms. The Balaban J connectivity index is 4.53. The van der Waals surface area contributed by atoms with Crippen molar-refractivity contribution >= 4 is 17.9 Å². The number of unbranched alkanes of at least 4 members (excludes halogenated alkanes) is 17. The highest BCUT2D eigenvalue weighted by Crippen LogP contribution is 2.13. The summed E-state index contributed by atoms with van der Waals surface area (Å²) < 4.78 is 16.8. The van der Waals surface area contributed by atoms with Crippen LogP contribution in [-0.2, 0) is 28.6 Å². The second-order valence-corrected chi connectivity index (χ2v) is 18.4. The molecular formula is C65H104O6. The zero-order chi connectivity index (χ0) is 51.4. The van der Waals surface area contributed by atoms with Gasteiger partial charge in [-0.2, -0.15) is 0 Å². The molecule has 0 amide bonds. The van der Waals surface area contributed by atoms with Crippen molar-refractivity contribution in [1.82, 2.24) is 0 Å². The minimum atomic E-state index is -0.814. The van der Waals surface area contributed by atoms with E-state index in [-0.39, 0.29) is 37.5 Å². The number of carbonyl (C=O) groups is 3. The lowest BCUT2D eigenvalue weighted by molar-refractivity contribution is -0.167. The van der Waals surface area contributed by atoms with Gasteiger partial charge in [0, 0.05) is 19.3 Å². The van der Waals surface area contributed by atoms with Crippen molar-refractivity contribution in [3.8, 4) is 0 Å². The van der Waals surface area contributed by atoms with E-state index in [1.807, 2.05) is 0 Å². The van der Waals surface area contributed by atoms with E-state index >= 15 is 0 Å². The van der Waals surface area contributed by atoms with Gasteiger partial charge in [-0.25, -0.2) is 0 Å². The molecule has 0 aromatic rings. The number of hydrogen-bond acceptors (Lipinski definition) is 6. The Labute approximate surface area is 436 Å². The fraction of sp³-hybridized carbons (Fsp3) is 0.615. The lowest BCUT2D eigenvalue weighted by atomic mass is 10.1. The van der Waals surface area contributed by atoms with Crippen LogP contribution < -0.4 is 0 Å². The average molecular weight is 982 g/mol. The molecule has 400 valence electrons. The summed E-state index contributed by atoms with van der Waals surface area (Å²) in [5.41, 5.74) is 0. The van der Waals surface area contributed by atoms with Crippen molar-refractivity contribution in [1.29, 1.82) is 0 Å². The number of carbonyl (C=O) groups excluding carboxylic acids is 3. The molecule has 0 rings (SSSR count). The smallest absolute Gasteiger partial charge is 0.306 e. The van der Waals surface area contributed by atoms with Gasteiger partial charge in [0.25, 0.3) is 0 Å². The maximum absolute atomic E-state index is 12.9. The van der Waals surface area contributed by atoms with Gasteiger partial charge in [-0.1, -0.05) is 219 Å². The molecule has 0 aliphatic rings. The van der Waals surface area contributed by atoms with E-state index in [1.54, 1.807) is 0 Å². The largest absolute Gasteiger partial charge is 0.462 e. The van der Waals surface area contributed by atoms with Crippen LogP contribution in [0, 0.1) is 0 Å². The quantitative estimate of drug-likeness (QED) is 0.0262. The van der Waals surface area contributed by atoms with Crippen LogP contribution in [0.4, 0.5) is 0 Å². The van der Waals surface area contributed by atoms with Crippen LogP contribution in [0.3, 0.4) is 0 Å². The van der Waals surface area contributed by atoms with Crippen LogP contribution in [0.2, 0.25) is 0 Å². The fourth-order valence-corrected chi connectivity index (χ4v) is 7.37. The van der Waals surface area contributed by atoms with E-state index in [9.17, 15) is 14.4 Å². The van der Waals surface area contributed by atoms with Gasteiger partial charge in [0.1, 0.15) is 13.2 Å². The third-order valence-corrected chi connectivity index (χ3v) is 11.6. The highest BCUT2D eigenvalue weighted by molar-refractivity contribution is 5.71. The third-order valence-electron chi connectivity index (χ3n) is 11.6. The maximum Gasteiger partial charge on any atom is 0.306 e. The number of esters is 3. The summed E-state index contributed by atoms with van der Waals surface area (Å²) in [7, 11) is 0. The molecule has 0 fully saturated rings. The first-order valence-electron chi connectivity index (χ1n) is 28.7. The van der Waals surface area contributed by atoms with Crippen LogP contribution >= 0.6 is 0 Å². The first-order valence-corrected chi connectivity index (χ1v) is 28.7. The molecule has 0 aliphatic heterocycles. The van der Waals surface area contributed by atoms with E-state index in [1.165, 1.54) is 51.4 Å². The van der Waals surface area contributed by atoms with Gasteiger partial charge in [0.15, 0.2) is 6.10 Å². The van der Waals surface area contributed by atoms with Gasteiger partial charge in [-0.15, -0.1) is 0 Å². The monoisotopic (exact) mass is 981 g/mol. The molecule has 0 saturated carbocycles. The number of hydrogen-bond donors (Lipinski definition) is 0. The lowest BCUT2D eigenvalue weighted by Crippen LogP contribution is -2.30. The van der Waals surface area contributed by atoms with E-state index in [2.05, 4.69) is 154 Å². The molecule has 71 heavy (non-hydrogen) atoms. The normalized spacial score (nSPS) is 13.1. The van der Waals surface area contributed by atoms with E-state index in [0.29, 0.717) is 12.8 Å². The second-order valence-electron chi connectivity index (χ2n) is 18.4. The van der Waals surface area contributed by atoms with Crippen LogP contribution in [-0.4, -0.2) is 37.2 Å². The number of allylic oxidation sites excluding steroid dienone is 22. The topological polar surface area (TPSA) is 78.9 Å². The van der Waals surface area contributed by atoms with Crippen molar-refractivity contribution in [2.45, 2.75) is 245 Å². The number of ether oxygens (including phenoxy) is 3. The lowest BCUT2D eigenvalue weighted by Gasteiger charge is -2.18. The summed E-state index contributed by atoms with van der Waals surface area (Å²) in [6, 6.07) is 0. The summed E-state index contributed by atoms with van der Waals surface area (Å²) >= 11 is 0. The van der Waals surface area contributed by atoms with Crippen molar-refractivity contribution in [2.24, 2.45) is 0 Å². The summed E-state index contributed by atoms with van der Waals surface area (Å²) in [4.78, 5) is 38.2. The van der Waals surface area contributed by atoms with Crippen LogP contribution in [0.1, 0.15) is 239 Å². The Hall–Kier alpha value is -4.45. The molecule has 0 radical (unpaired) electrons. The molecule has 0 heterocycles. The molecule has 0 aromatic carbocycles. The fourth-order valence-electron chi connectivity index (χ4n) is 7.37. The first-order chi connectivity index (χ1) is 35.0. The Morgan fingerprint density at radius 2 is 0.549 bits per heavy atom. The number of rotatable bonds is 50. The van der Waals surface area contributed by atoms with Crippen molar-refractivity contribution in [3.05, 3.63) is 134 Å². The Morgan fingerprint density at radius 3 is 0.873 bits per heavy atom. The van der Waals surface area contributed by atoms with E-state index < -0.39 is 6.10 Å². The Bertz CT molecular complexity index is 1550. The van der Waals surface area contributed by atoms with Gasteiger partial charge in [-0.3, -0.25) is 14.4 Å². The van der Waals surface area contributed by atoms with Crippen LogP contribution in [0.25, 0.3) is 0 Å². The summed E-state index contributed by atoms with van der Waals surface area (Å²) in [6.45, 7) is 6.32. The van der Waals surface area contributed by atoms with E-state index in [0.717, 1.165) is 148 Å². The van der Waals surface area contributed by atoms with Gasteiger partial charge in [0.05, 0.1) is 0 Å². The summed E-state index contributed by atoms with van der Waals surface area (Å²) in [5.74, 6) is -0.976. The maximum atomic E-state index is 12.9. The highest BCUT2D eigenvalue weighted by atomic mass is 16.6. The molecule has 0 aromatic heterocycles. The molecule has 0 aliphatic carbocycles. The zero-order valence-corrected chi connectivity index (χ0v) is 45.7. The van der Waals surface area contributed by atoms with Gasteiger partial charge >= 0.3 is 17.9 Å². The minimum Gasteiger partial charge on any atom is -0.462 e. The molecule has 6 heteroatoms. The molecule has 6 nitrogen and oxygen atoms in total. The molecule has 1 unspecified atom stereocenters. The summed E-state index contributed by atoms with van der Waals surface area (Å²) in [6.07, 6.45) is 81.5. The van der Waals surface area contributed by atoms with Gasteiger partial charge < -0.3 is 14.2 Å². The molecule has 0 N–H and O–H groups in total. The predicted molar refractivity (Wildman–Crippen MR) is 306 cm³/mol. The molecule has 0 bridgehead atoms. The Morgan fingerprint density at radius 1 is 0.296 bits per heavy atom. The van der Waals surface area contributed by atoms with Gasteiger partial charge in [0.2, 0.25) is 0 Å². The van der Waals surface area contributed by atoms with Crippen molar-refractivity contribution in [3.63, 3.8) is 0 Å². The van der Waals surface area contributed by atoms with Crippen LogP contribution in [0.15, 0.2) is 134 Å². The minimum absolute atomic E-state index is 0.107. The van der Waals surface area contributed by atoms with Crippen LogP contribution in [0.5, 0.6) is 0 Å². The highest BCUT2D eigenvalue weighted by Gasteiger charge is 2.19. The second kappa shape index (κ2) is 58.1. The van der Waals surface area contributed by atoms with Crippen molar-refractivity contribution in [2.75, 3.05) is 13.2 Å². The third kappa shape index (κ3) is 56.3. The molecule has 1 atom stereocenters. The van der Waals surface area contributed by atoms with Crippen molar-refractivity contribution < 1.29 is 28.6 Å². The standard InChI is InChI=1S/C65H104O6/c1-4-7-10-13-16-19-22-25-28-31-32-35-37-40-43-46-49-52-55-58-64(67)70-61-62(71-65(68)59-56-53-50-47-44-41-38-34-30-27-24-21-18-15-12-9-6-3)60-69-63(66)57-54-51-48-45-42-39-36-33-29-26-23-20-17-14-11-8-5-2/h7,9-10,12,16-21,25-30,32,35,38,40-41,43,62H,4-6,8,11,13-15,22-24,31,33-34,36-37,39,42,44-61H2,1-3H3/b10-7-,12-9-,19-16-,20-17-,21-18-,28-25-,29-26-,30-27-,35-32-,41-38-,43-40-. The van der Waals surface area contributed by atoms with Gasteiger partial charge in [-0.05, 0) is 135 Å². The summed E-state index contributed by atoms with van der Waals surface area (Å²) in [5, 5.41) is 0. The molecular weight excluding hydrogens is 877 g/mol. The Kier molecular flexibility index (Phi) is 54.5. The first kappa shape index (κ1) is 66.6. The van der Waals surface area contributed by atoms with E-state index in [4.69, 9.17) is 14.2 Å². The zero-order valence-electron chi connectivity index (χ0n) is 45.7. The molecule has 0 saturated heterocycles.